The summed E-state index contributed by atoms with van der Waals surface area (Å²) in [6.07, 6.45) is 0. The Morgan fingerprint density at radius 1 is 1.50 bits per heavy atom. The van der Waals surface area contributed by atoms with Crippen LogP contribution in [0.3, 0.4) is 0 Å². The first kappa shape index (κ1) is 10.2. The molecule has 0 unspecified atom stereocenters. The van der Waals surface area contributed by atoms with Gasteiger partial charge in [0.05, 0.1) is 0 Å². The van der Waals surface area contributed by atoms with Crippen LogP contribution in [0.25, 0.3) is 0 Å². The maximum atomic E-state index is 9.05. The van der Waals surface area contributed by atoms with E-state index in [0.717, 1.165) is 0 Å². The van der Waals surface area contributed by atoms with Crippen molar-refractivity contribution in [1.82, 2.24) is 0 Å². The minimum absolute atomic E-state index is 0. The molecule has 0 amide bonds. The average Bonchev–Trinajstić information content (AvgIpc) is 0.722. The summed E-state index contributed by atoms with van der Waals surface area (Å²) in [5.74, 6) is 0. The first-order valence-corrected chi connectivity index (χ1v) is 3.19. The molecule has 0 aromatic carbocycles. The number of rotatable bonds is 0. The van der Waals surface area contributed by atoms with Gasteiger partial charge in [0.1, 0.15) is 0 Å². The first-order chi connectivity index (χ1) is 2.00. The molecule has 6 heteroatoms. The summed E-state index contributed by atoms with van der Waals surface area (Å²) < 4.78 is 25.5. The molecule has 0 bridgehead atoms. The zero-order chi connectivity index (χ0) is 4.50. The van der Waals surface area contributed by atoms with Crippen LogP contribution >= 0.6 is 11.7 Å². The van der Waals surface area contributed by atoms with Crippen molar-refractivity contribution in [3.05, 3.63) is 0 Å². The van der Waals surface area contributed by atoms with E-state index in [1.807, 2.05) is 0 Å². The Kier molecular flexibility index (Phi) is 5.43. The number of hydrogen-bond acceptors (Lipinski definition) is 2. The van der Waals surface area contributed by atoms with Gasteiger partial charge in [0.2, 0.25) is 0 Å². The van der Waals surface area contributed by atoms with Crippen LogP contribution in [0.4, 0.5) is 0 Å². The molecule has 1 N–H and O–H groups in total. The molecule has 0 spiro atoms. The molecule has 0 saturated carbocycles. The summed E-state index contributed by atoms with van der Waals surface area (Å²) >= 11 is 2.65. The van der Waals surface area contributed by atoms with E-state index in [2.05, 4.69) is 11.7 Å². The van der Waals surface area contributed by atoms with Gasteiger partial charge in [0.25, 0.3) is 0 Å². The quantitative estimate of drug-likeness (QED) is 0.334. The van der Waals surface area contributed by atoms with Crippen LogP contribution in [0.5, 0.6) is 0 Å². The Labute approximate surface area is 60.1 Å². The molecule has 6 heavy (non-hydrogen) atoms. The summed E-state index contributed by atoms with van der Waals surface area (Å²) in [6, 6.07) is 0. The van der Waals surface area contributed by atoms with Crippen molar-refractivity contribution in [2.24, 2.45) is 0 Å². The summed E-state index contributed by atoms with van der Waals surface area (Å²) in [6.45, 7) is 0. The van der Waals surface area contributed by atoms with E-state index in [0.29, 0.717) is 0 Å². The molecule has 0 aliphatic heterocycles. The Balaban J connectivity index is 0. The van der Waals surface area contributed by atoms with Crippen LogP contribution in [0, 0.1) is 0 Å². The van der Waals surface area contributed by atoms with Crippen molar-refractivity contribution >= 4 is 47.4 Å². The van der Waals surface area contributed by atoms with Gasteiger partial charge in [-0.1, -0.05) is 0 Å². The molecule has 0 aliphatic rings. The van der Waals surface area contributed by atoms with Gasteiger partial charge in [-0.25, -0.2) is 0 Å². The molecule has 0 fully saturated rings. The minimum atomic E-state index is -3.97. The van der Waals surface area contributed by atoms with Gasteiger partial charge < -0.3 is 0 Å². The summed E-state index contributed by atoms with van der Waals surface area (Å²) in [5.41, 5.74) is 0. The second-order valence-corrected chi connectivity index (χ2v) is 2.73. The van der Waals surface area contributed by atoms with Crippen molar-refractivity contribution in [3.63, 3.8) is 0 Å². The van der Waals surface area contributed by atoms with Gasteiger partial charge in [-0.2, -0.15) is 8.42 Å². The zero-order valence-electron chi connectivity index (χ0n) is 2.62. The van der Waals surface area contributed by atoms with E-state index in [4.69, 9.17) is 13.0 Å². The molecule has 0 rings (SSSR count). The van der Waals surface area contributed by atoms with Gasteiger partial charge in [0.15, 0.2) is 0 Å². The molecule has 0 atom stereocenters. The van der Waals surface area contributed by atoms with Crippen molar-refractivity contribution in [1.29, 1.82) is 0 Å². The Morgan fingerprint density at radius 3 is 1.50 bits per heavy atom. The molecule has 0 aliphatic carbocycles. The molecular weight excluding hydrogens is 321 g/mol. The van der Waals surface area contributed by atoms with Crippen LogP contribution in [-0.2, 0) is 9.15 Å². The SMILES string of the molecule is O=S(=O)(O)S.[PoH2]. The second-order valence-electron chi connectivity index (χ2n) is 0.448. The van der Waals surface area contributed by atoms with E-state index in [1.54, 1.807) is 0 Å². The predicted molar refractivity (Wildman–Crippen MR) is 29.1 cm³/mol. The third-order valence-electron chi connectivity index (χ3n) is 0. The van der Waals surface area contributed by atoms with Crippen LogP contribution in [0.15, 0.2) is 0 Å². The van der Waals surface area contributed by atoms with Gasteiger partial charge >= 0.3 is 35.7 Å². The van der Waals surface area contributed by atoms with Crippen molar-refractivity contribution in [3.8, 4) is 0 Å². The van der Waals surface area contributed by atoms with Gasteiger partial charge in [0, 0.05) is 0 Å². The van der Waals surface area contributed by atoms with E-state index in [-0.39, 0.29) is 26.6 Å². The van der Waals surface area contributed by atoms with Crippen LogP contribution < -0.4 is 0 Å². The van der Waals surface area contributed by atoms with Gasteiger partial charge in [-0.15, -0.1) is 0 Å². The number of thiol groups is 1. The third kappa shape index (κ3) is 66.6. The summed E-state index contributed by atoms with van der Waals surface area (Å²) in [7, 11) is -3.97. The molecule has 0 radical (unpaired) electrons. The van der Waals surface area contributed by atoms with Crippen molar-refractivity contribution in [2.75, 3.05) is 0 Å². The predicted octanol–water partition coefficient (Wildman–Crippen LogP) is -1.20. The molecule has 0 aromatic rings. The zero-order valence-corrected chi connectivity index (χ0v) is 8.22. The fourth-order valence-electron chi connectivity index (χ4n) is 0. The topological polar surface area (TPSA) is 54.4 Å². The van der Waals surface area contributed by atoms with Crippen LogP contribution in [-0.4, -0.2) is 39.5 Å². The summed E-state index contributed by atoms with van der Waals surface area (Å²) in [4.78, 5) is 0. The van der Waals surface area contributed by atoms with E-state index in [1.165, 1.54) is 0 Å². The van der Waals surface area contributed by atoms with Crippen molar-refractivity contribution in [2.45, 2.75) is 0 Å². The Bertz CT molecular complexity index is 92.0. The Morgan fingerprint density at radius 2 is 1.50 bits per heavy atom. The number of hydrogen-bond donors (Lipinski definition) is 2. The van der Waals surface area contributed by atoms with E-state index >= 15 is 0 Å². The van der Waals surface area contributed by atoms with Crippen molar-refractivity contribution < 1.29 is 13.0 Å². The standard InChI is InChI=1S/H2O3S2.Po.2H/c1-5(2,3)4;;;/h(H2,1,2,3,4);;;. The van der Waals surface area contributed by atoms with E-state index in [9.17, 15) is 0 Å². The average molecular weight is 325 g/mol. The molecular formula is H4O3PoS2. The van der Waals surface area contributed by atoms with E-state index < -0.39 is 9.15 Å². The Hall–Kier alpha value is 1.16. The van der Waals surface area contributed by atoms with Crippen LogP contribution in [0.1, 0.15) is 0 Å². The molecule has 0 heterocycles. The molecule has 0 saturated heterocycles. The maximum absolute atomic E-state index is 9.05. The molecule has 0 aromatic heterocycles. The molecule has 40 valence electrons. The fourth-order valence-corrected chi connectivity index (χ4v) is 0. The normalized spacial score (nSPS) is 9.67. The third-order valence-corrected chi connectivity index (χ3v) is 0. The molecule has 3 nitrogen and oxygen atoms in total. The van der Waals surface area contributed by atoms with Gasteiger partial charge in [-0.3, -0.25) is 4.55 Å². The summed E-state index contributed by atoms with van der Waals surface area (Å²) in [5, 5.41) is 0. The van der Waals surface area contributed by atoms with Crippen LogP contribution in [0.2, 0.25) is 0 Å². The second kappa shape index (κ2) is 3.20. The first-order valence-electron chi connectivity index (χ1n) is 0.698. The monoisotopic (exact) mass is 325 g/mol. The van der Waals surface area contributed by atoms with Gasteiger partial charge in [-0.05, 0) is 11.7 Å². The fraction of sp³-hybridized carbons (Fsp3) is 0.